The van der Waals surface area contributed by atoms with Crippen molar-refractivity contribution >= 4 is 0 Å². The largest absolute Gasteiger partial charge is 0.310 e. The quantitative estimate of drug-likeness (QED) is 0.920. The maximum absolute atomic E-state index is 12.2. The van der Waals surface area contributed by atoms with Crippen molar-refractivity contribution in [3.8, 4) is 0 Å². The van der Waals surface area contributed by atoms with Gasteiger partial charge >= 0.3 is 0 Å². The molecule has 0 bridgehead atoms. The van der Waals surface area contributed by atoms with Crippen LogP contribution in [0.1, 0.15) is 42.5 Å². The Morgan fingerprint density at radius 3 is 2.90 bits per heavy atom. The number of aromatic amines is 1. The zero-order chi connectivity index (χ0) is 15.0. The van der Waals surface area contributed by atoms with E-state index < -0.39 is 0 Å². The summed E-state index contributed by atoms with van der Waals surface area (Å²) in [4.78, 5) is 22.0. The Kier molecular flexibility index (Phi) is 3.63. The van der Waals surface area contributed by atoms with E-state index in [9.17, 15) is 4.79 Å². The number of rotatable bonds is 3. The van der Waals surface area contributed by atoms with E-state index in [1.54, 1.807) is 4.68 Å². The van der Waals surface area contributed by atoms with Crippen molar-refractivity contribution in [1.82, 2.24) is 24.6 Å². The highest BCUT2D eigenvalue weighted by atomic mass is 16.1. The molecule has 6 heteroatoms. The number of aromatic nitrogens is 4. The van der Waals surface area contributed by atoms with Crippen molar-refractivity contribution in [2.24, 2.45) is 7.05 Å². The number of fused-ring (bicyclic) bond motifs is 1. The second kappa shape index (κ2) is 5.44. The Morgan fingerprint density at radius 2 is 2.24 bits per heavy atom. The van der Waals surface area contributed by atoms with Crippen LogP contribution in [0.5, 0.6) is 0 Å². The molecule has 2 aromatic rings. The van der Waals surface area contributed by atoms with E-state index in [1.165, 1.54) is 0 Å². The van der Waals surface area contributed by atoms with Crippen LogP contribution >= 0.6 is 0 Å². The molecule has 0 saturated carbocycles. The Bertz CT molecular complexity index is 700. The van der Waals surface area contributed by atoms with Gasteiger partial charge < -0.3 is 4.98 Å². The number of aryl methyl sites for hydroxylation is 1. The number of hydrogen-bond acceptors (Lipinski definition) is 4. The molecule has 1 aliphatic rings. The molecular formula is C15H21N5O. The first-order valence-electron chi connectivity index (χ1n) is 7.36. The molecule has 6 nitrogen and oxygen atoms in total. The SMILES string of the molecule is CC(C)c1nc2c(c(=O)[nH]1)CN(Cc1ccn(C)n1)CC2. The summed E-state index contributed by atoms with van der Waals surface area (Å²) in [5.74, 6) is 1.03. The number of nitrogens with zero attached hydrogens (tertiary/aromatic N) is 4. The minimum absolute atomic E-state index is 0.00872. The first-order valence-corrected chi connectivity index (χ1v) is 7.36. The minimum atomic E-state index is 0.00872. The molecule has 112 valence electrons. The van der Waals surface area contributed by atoms with Gasteiger partial charge in [-0.25, -0.2) is 4.98 Å². The van der Waals surface area contributed by atoms with E-state index >= 15 is 0 Å². The topological polar surface area (TPSA) is 66.8 Å². The number of H-pyrrole nitrogens is 1. The molecule has 0 radical (unpaired) electrons. The highest BCUT2D eigenvalue weighted by Crippen LogP contribution is 2.17. The van der Waals surface area contributed by atoms with E-state index in [2.05, 4.69) is 20.0 Å². The lowest BCUT2D eigenvalue weighted by molar-refractivity contribution is 0.238. The van der Waals surface area contributed by atoms with Crippen molar-refractivity contribution in [2.75, 3.05) is 6.54 Å². The average Bonchev–Trinajstić information content (AvgIpc) is 2.84. The molecule has 0 unspecified atom stereocenters. The summed E-state index contributed by atoms with van der Waals surface area (Å²) < 4.78 is 1.80. The van der Waals surface area contributed by atoms with Crippen LogP contribution in [0.25, 0.3) is 0 Å². The van der Waals surface area contributed by atoms with Crippen LogP contribution in [0.4, 0.5) is 0 Å². The fourth-order valence-electron chi connectivity index (χ4n) is 2.69. The predicted octanol–water partition coefficient (Wildman–Crippen LogP) is 1.19. The fraction of sp³-hybridized carbons (Fsp3) is 0.533. The number of hydrogen-bond donors (Lipinski definition) is 1. The third-order valence-corrected chi connectivity index (χ3v) is 3.87. The average molecular weight is 287 g/mol. The van der Waals surface area contributed by atoms with Crippen LogP contribution in [0.2, 0.25) is 0 Å². The Labute approximate surface area is 123 Å². The molecule has 0 amide bonds. The van der Waals surface area contributed by atoms with Crippen LogP contribution in [0, 0.1) is 0 Å². The Balaban J connectivity index is 1.81. The number of nitrogens with one attached hydrogen (secondary N) is 1. The van der Waals surface area contributed by atoms with Crippen LogP contribution in [0.15, 0.2) is 17.1 Å². The summed E-state index contributed by atoms with van der Waals surface area (Å²) in [5, 5.41) is 4.39. The van der Waals surface area contributed by atoms with E-state index in [1.807, 2.05) is 33.2 Å². The molecule has 0 aliphatic carbocycles. The van der Waals surface area contributed by atoms with Gasteiger partial charge in [0, 0.05) is 45.2 Å². The lowest BCUT2D eigenvalue weighted by Gasteiger charge is -2.27. The lowest BCUT2D eigenvalue weighted by atomic mass is 10.1. The smallest absolute Gasteiger partial charge is 0.255 e. The molecule has 0 saturated heterocycles. The molecule has 1 N–H and O–H groups in total. The highest BCUT2D eigenvalue weighted by Gasteiger charge is 2.22. The Hall–Kier alpha value is -1.95. The lowest BCUT2D eigenvalue weighted by Crippen LogP contribution is -2.36. The molecule has 0 fully saturated rings. The van der Waals surface area contributed by atoms with Gasteiger partial charge in [-0.1, -0.05) is 13.8 Å². The molecule has 21 heavy (non-hydrogen) atoms. The summed E-state index contributed by atoms with van der Waals surface area (Å²) >= 11 is 0. The van der Waals surface area contributed by atoms with Gasteiger partial charge in [-0.3, -0.25) is 14.4 Å². The molecule has 1 aliphatic heterocycles. The van der Waals surface area contributed by atoms with Gasteiger partial charge in [0.1, 0.15) is 5.82 Å². The van der Waals surface area contributed by atoms with Gasteiger partial charge in [0.2, 0.25) is 0 Å². The first kappa shape index (κ1) is 14.0. The minimum Gasteiger partial charge on any atom is -0.310 e. The summed E-state index contributed by atoms with van der Waals surface area (Å²) in [7, 11) is 1.91. The molecule has 0 aromatic carbocycles. The van der Waals surface area contributed by atoms with Gasteiger partial charge in [0.05, 0.1) is 17.0 Å². The Morgan fingerprint density at radius 1 is 1.43 bits per heavy atom. The van der Waals surface area contributed by atoms with Crippen molar-refractivity contribution in [3.05, 3.63) is 45.4 Å². The van der Waals surface area contributed by atoms with Crippen molar-refractivity contribution in [1.29, 1.82) is 0 Å². The first-order chi connectivity index (χ1) is 10.0. The van der Waals surface area contributed by atoms with E-state index in [0.717, 1.165) is 42.3 Å². The van der Waals surface area contributed by atoms with Crippen LogP contribution < -0.4 is 5.56 Å². The van der Waals surface area contributed by atoms with Gasteiger partial charge in [0.25, 0.3) is 5.56 Å². The summed E-state index contributed by atoms with van der Waals surface area (Å²) in [5.41, 5.74) is 2.81. The maximum Gasteiger partial charge on any atom is 0.255 e. The third kappa shape index (κ3) is 2.90. The van der Waals surface area contributed by atoms with Crippen LogP contribution in [-0.2, 0) is 26.6 Å². The monoisotopic (exact) mass is 287 g/mol. The van der Waals surface area contributed by atoms with Gasteiger partial charge in [-0.05, 0) is 6.07 Å². The van der Waals surface area contributed by atoms with Gasteiger partial charge in [-0.15, -0.1) is 0 Å². The third-order valence-electron chi connectivity index (χ3n) is 3.87. The van der Waals surface area contributed by atoms with Crippen molar-refractivity contribution in [2.45, 2.75) is 39.3 Å². The highest BCUT2D eigenvalue weighted by molar-refractivity contribution is 5.21. The van der Waals surface area contributed by atoms with Crippen molar-refractivity contribution < 1.29 is 0 Å². The zero-order valence-electron chi connectivity index (χ0n) is 12.8. The molecule has 0 spiro atoms. The summed E-state index contributed by atoms with van der Waals surface area (Å²) in [6, 6.07) is 2.01. The van der Waals surface area contributed by atoms with Gasteiger partial charge in [0.15, 0.2) is 0 Å². The zero-order valence-corrected chi connectivity index (χ0v) is 12.8. The molecular weight excluding hydrogens is 266 g/mol. The molecule has 3 heterocycles. The van der Waals surface area contributed by atoms with E-state index in [-0.39, 0.29) is 11.5 Å². The molecule has 2 aromatic heterocycles. The van der Waals surface area contributed by atoms with E-state index in [4.69, 9.17) is 0 Å². The maximum atomic E-state index is 12.2. The van der Waals surface area contributed by atoms with Gasteiger partial charge in [-0.2, -0.15) is 5.10 Å². The van der Waals surface area contributed by atoms with Crippen molar-refractivity contribution in [3.63, 3.8) is 0 Å². The molecule has 3 rings (SSSR count). The summed E-state index contributed by atoms with van der Waals surface area (Å²) in [6.45, 7) is 6.41. The predicted molar refractivity (Wildman–Crippen MR) is 80.0 cm³/mol. The second-order valence-corrected chi connectivity index (χ2v) is 5.97. The molecule has 0 atom stereocenters. The van der Waals surface area contributed by atoms with E-state index in [0.29, 0.717) is 6.54 Å². The normalized spacial score (nSPS) is 15.4. The standard InChI is InChI=1S/C15H21N5O/c1-10(2)14-16-13-5-7-20(9-12(13)15(21)17-14)8-11-4-6-19(3)18-11/h4,6,10H,5,7-9H2,1-3H3,(H,16,17,21). The summed E-state index contributed by atoms with van der Waals surface area (Å²) in [6.07, 6.45) is 2.77. The van der Waals surface area contributed by atoms with Crippen LogP contribution in [0.3, 0.4) is 0 Å². The fourth-order valence-corrected chi connectivity index (χ4v) is 2.69. The van der Waals surface area contributed by atoms with Crippen LogP contribution in [-0.4, -0.2) is 31.2 Å². The second-order valence-electron chi connectivity index (χ2n) is 5.97.